The number of benzene rings is 3. The SMILES string of the molecule is Cc1ccc(Cl)cc1N(CC(=O)N(Cc1ccccc1)[C@H](Cc1ccccc1)C(=O)NC(C)C)S(C)(=O)=O. The van der Waals surface area contributed by atoms with Gasteiger partial charge in [-0.3, -0.25) is 13.9 Å². The highest BCUT2D eigenvalue weighted by atomic mass is 35.5. The number of hydrogen-bond acceptors (Lipinski definition) is 4. The van der Waals surface area contributed by atoms with Gasteiger partial charge in [-0.25, -0.2) is 8.42 Å². The van der Waals surface area contributed by atoms with E-state index in [9.17, 15) is 18.0 Å². The van der Waals surface area contributed by atoms with Gasteiger partial charge in [0.15, 0.2) is 0 Å². The van der Waals surface area contributed by atoms with Gasteiger partial charge in [0, 0.05) is 24.0 Å². The first-order valence-electron chi connectivity index (χ1n) is 12.4. The molecule has 0 fully saturated rings. The predicted molar refractivity (Wildman–Crippen MR) is 153 cm³/mol. The van der Waals surface area contributed by atoms with Crippen molar-refractivity contribution in [2.75, 3.05) is 17.1 Å². The minimum atomic E-state index is -3.86. The van der Waals surface area contributed by atoms with E-state index in [-0.39, 0.29) is 24.9 Å². The molecule has 1 N–H and O–H groups in total. The van der Waals surface area contributed by atoms with E-state index in [0.717, 1.165) is 21.7 Å². The van der Waals surface area contributed by atoms with Crippen molar-refractivity contribution >= 4 is 39.1 Å². The van der Waals surface area contributed by atoms with E-state index in [0.29, 0.717) is 16.3 Å². The average molecular weight is 556 g/mol. The second-order valence-electron chi connectivity index (χ2n) is 9.58. The molecule has 0 aliphatic rings. The van der Waals surface area contributed by atoms with E-state index in [2.05, 4.69) is 5.32 Å². The number of carbonyl (C=O) groups is 2. The molecule has 0 bridgehead atoms. The molecular formula is C29H34ClN3O4S. The Labute approximate surface area is 230 Å². The zero-order chi connectivity index (χ0) is 27.9. The van der Waals surface area contributed by atoms with Gasteiger partial charge in [0.2, 0.25) is 21.8 Å². The zero-order valence-electron chi connectivity index (χ0n) is 22.1. The summed E-state index contributed by atoms with van der Waals surface area (Å²) in [5.41, 5.74) is 2.67. The molecule has 38 heavy (non-hydrogen) atoms. The van der Waals surface area contributed by atoms with E-state index in [1.807, 2.05) is 74.5 Å². The lowest BCUT2D eigenvalue weighted by Crippen LogP contribution is -2.54. The number of hydrogen-bond donors (Lipinski definition) is 1. The summed E-state index contributed by atoms with van der Waals surface area (Å²) < 4.78 is 26.8. The summed E-state index contributed by atoms with van der Waals surface area (Å²) in [5.74, 6) is -0.809. The number of aryl methyl sites for hydroxylation is 1. The van der Waals surface area contributed by atoms with Crippen molar-refractivity contribution in [1.82, 2.24) is 10.2 Å². The molecule has 0 aromatic heterocycles. The number of rotatable bonds is 11. The maximum absolute atomic E-state index is 14.0. The Morgan fingerprint density at radius 2 is 1.50 bits per heavy atom. The van der Waals surface area contributed by atoms with Gasteiger partial charge in [-0.2, -0.15) is 0 Å². The number of nitrogens with zero attached hydrogens (tertiary/aromatic N) is 2. The number of anilines is 1. The van der Waals surface area contributed by atoms with Crippen LogP contribution < -0.4 is 9.62 Å². The van der Waals surface area contributed by atoms with Crippen LogP contribution in [0.25, 0.3) is 0 Å². The molecule has 0 spiro atoms. The van der Waals surface area contributed by atoms with E-state index in [4.69, 9.17) is 11.6 Å². The maximum atomic E-state index is 14.0. The van der Waals surface area contributed by atoms with Crippen molar-refractivity contribution in [3.8, 4) is 0 Å². The monoisotopic (exact) mass is 555 g/mol. The quantitative estimate of drug-likeness (QED) is 0.375. The fourth-order valence-electron chi connectivity index (χ4n) is 4.16. The Morgan fingerprint density at radius 1 is 0.921 bits per heavy atom. The minimum absolute atomic E-state index is 0.134. The third kappa shape index (κ3) is 8.07. The molecule has 0 heterocycles. The molecule has 9 heteroatoms. The second kappa shape index (κ2) is 12.9. The molecule has 3 aromatic rings. The Kier molecular flexibility index (Phi) is 9.94. The Balaban J connectivity index is 2.06. The van der Waals surface area contributed by atoms with E-state index < -0.39 is 28.5 Å². The molecule has 0 radical (unpaired) electrons. The summed E-state index contributed by atoms with van der Waals surface area (Å²) >= 11 is 6.18. The van der Waals surface area contributed by atoms with Crippen LogP contribution in [0.2, 0.25) is 5.02 Å². The molecule has 202 valence electrons. The Bertz CT molecular complexity index is 1350. The van der Waals surface area contributed by atoms with Crippen LogP contribution in [0.1, 0.15) is 30.5 Å². The first-order chi connectivity index (χ1) is 18.0. The number of halogens is 1. The number of sulfonamides is 1. The van der Waals surface area contributed by atoms with Crippen LogP contribution in [0.3, 0.4) is 0 Å². The first kappa shape index (κ1) is 29.2. The number of carbonyl (C=O) groups excluding carboxylic acids is 2. The van der Waals surface area contributed by atoms with E-state index in [1.54, 1.807) is 19.1 Å². The summed E-state index contributed by atoms with van der Waals surface area (Å²) in [6.45, 7) is 5.12. The van der Waals surface area contributed by atoms with Crippen LogP contribution in [-0.4, -0.2) is 50.0 Å². The Hall–Kier alpha value is -3.36. The van der Waals surface area contributed by atoms with Crippen molar-refractivity contribution in [2.24, 2.45) is 0 Å². The van der Waals surface area contributed by atoms with Gasteiger partial charge < -0.3 is 10.2 Å². The number of nitrogens with one attached hydrogen (secondary N) is 1. The largest absolute Gasteiger partial charge is 0.352 e. The van der Waals surface area contributed by atoms with Crippen molar-refractivity contribution in [3.63, 3.8) is 0 Å². The summed E-state index contributed by atoms with van der Waals surface area (Å²) in [7, 11) is -3.86. The summed E-state index contributed by atoms with van der Waals surface area (Å²) in [4.78, 5) is 29.0. The van der Waals surface area contributed by atoms with Crippen LogP contribution in [0.4, 0.5) is 5.69 Å². The highest BCUT2D eigenvalue weighted by molar-refractivity contribution is 7.92. The van der Waals surface area contributed by atoms with Gasteiger partial charge in [0.05, 0.1) is 11.9 Å². The van der Waals surface area contributed by atoms with Gasteiger partial charge in [0.1, 0.15) is 12.6 Å². The van der Waals surface area contributed by atoms with Gasteiger partial charge in [0.25, 0.3) is 0 Å². The van der Waals surface area contributed by atoms with Crippen LogP contribution in [-0.2, 0) is 32.6 Å². The molecule has 3 rings (SSSR count). The zero-order valence-corrected chi connectivity index (χ0v) is 23.7. The molecule has 0 aliphatic heterocycles. The lowest BCUT2D eigenvalue weighted by molar-refractivity contribution is -0.140. The lowest BCUT2D eigenvalue weighted by Gasteiger charge is -2.34. The highest BCUT2D eigenvalue weighted by Gasteiger charge is 2.33. The molecule has 3 aromatic carbocycles. The van der Waals surface area contributed by atoms with Gasteiger partial charge >= 0.3 is 0 Å². The fourth-order valence-corrected chi connectivity index (χ4v) is 5.23. The normalized spacial score (nSPS) is 12.2. The molecule has 7 nitrogen and oxygen atoms in total. The third-order valence-electron chi connectivity index (χ3n) is 6.02. The standard InChI is InChI=1S/C29H34ClN3O4S/c1-21(2)31-29(35)27(17-23-11-7-5-8-12-23)32(19-24-13-9-6-10-14-24)28(34)20-33(38(4,36)37)26-18-25(30)16-15-22(26)3/h5-16,18,21,27H,17,19-20H2,1-4H3,(H,31,35)/t27-/m1/s1. The van der Waals surface area contributed by atoms with Crippen LogP contribution >= 0.6 is 11.6 Å². The molecule has 0 saturated carbocycles. The molecular weight excluding hydrogens is 522 g/mol. The fraction of sp³-hybridized carbons (Fsp3) is 0.310. The summed E-state index contributed by atoms with van der Waals surface area (Å²) in [5, 5.41) is 3.29. The molecule has 0 aliphatic carbocycles. The van der Waals surface area contributed by atoms with Crippen molar-refractivity contribution in [1.29, 1.82) is 0 Å². The smallest absolute Gasteiger partial charge is 0.244 e. The summed E-state index contributed by atoms with van der Waals surface area (Å²) in [6.07, 6.45) is 1.32. The molecule has 1 atom stereocenters. The van der Waals surface area contributed by atoms with Crippen LogP contribution in [0.5, 0.6) is 0 Å². The third-order valence-corrected chi connectivity index (χ3v) is 7.38. The van der Waals surface area contributed by atoms with Gasteiger partial charge in [-0.05, 0) is 49.6 Å². The van der Waals surface area contributed by atoms with Crippen molar-refractivity contribution < 1.29 is 18.0 Å². The van der Waals surface area contributed by atoms with Crippen LogP contribution in [0, 0.1) is 6.92 Å². The second-order valence-corrected chi connectivity index (χ2v) is 11.9. The Morgan fingerprint density at radius 3 is 2.05 bits per heavy atom. The maximum Gasteiger partial charge on any atom is 0.244 e. The molecule has 0 unspecified atom stereocenters. The molecule has 2 amide bonds. The number of amides is 2. The van der Waals surface area contributed by atoms with Crippen molar-refractivity contribution in [2.45, 2.75) is 45.8 Å². The van der Waals surface area contributed by atoms with E-state index >= 15 is 0 Å². The van der Waals surface area contributed by atoms with Gasteiger partial charge in [-0.15, -0.1) is 0 Å². The first-order valence-corrected chi connectivity index (χ1v) is 14.6. The van der Waals surface area contributed by atoms with Gasteiger partial charge in [-0.1, -0.05) is 78.3 Å². The van der Waals surface area contributed by atoms with E-state index in [1.165, 1.54) is 11.0 Å². The average Bonchev–Trinajstić information content (AvgIpc) is 2.86. The topological polar surface area (TPSA) is 86.8 Å². The summed E-state index contributed by atoms with van der Waals surface area (Å²) in [6, 6.07) is 22.7. The highest BCUT2D eigenvalue weighted by Crippen LogP contribution is 2.27. The molecule has 0 saturated heterocycles. The lowest BCUT2D eigenvalue weighted by atomic mass is 10.0. The van der Waals surface area contributed by atoms with Crippen molar-refractivity contribution in [3.05, 3.63) is 101 Å². The predicted octanol–water partition coefficient (Wildman–Crippen LogP) is 4.58. The van der Waals surface area contributed by atoms with Crippen LogP contribution in [0.15, 0.2) is 78.9 Å². The minimum Gasteiger partial charge on any atom is -0.352 e.